The zero-order valence-electron chi connectivity index (χ0n) is 18.3. The van der Waals surface area contributed by atoms with Crippen molar-refractivity contribution in [2.75, 3.05) is 20.3 Å². The number of benzene rings is 2. The summed E-state index contributed by atoms with van der Waals surface area (Å²) in [6.07, 6.45) is 2.31. The van der Waals surface area contributed by atoms with Crippen LogP contribution in [0, 0.1) is 0 Å². The fourth-order valence-corrected chi connectivity index (χ4v) is 4.01. The second-order valence-electron chi connectivity index (χ2n) is 7.75. The maximum Gasteiger partial charge on any atom is 0.336 e. The lowest BCUT2D eigenvalue weighted by Gasteiger charge is -2.24. The van der Waals surface area contributed by atoms with Crippen molar-refractivity contribution in [1.29, 1.82) is 0 Å². The number of carbonyl (C=O) groups is 2. The van der Waals surface area contributed by atoms with Crippen LogP contribution < -0.4 is 14.8 Å². The molecule has 0 saturated carbocycles. The Morgan fingerprint density at radius 2 is 2.06 bits per heavy atom. The quantitative estimate of drug-likeness (QED) is 0.549. The summed E-state index contributed by atoms with van der Waals surface area (Å²) < 4.78 is 16.5. The summed E-state index contributed by atoms with van der Waals surface area (Å²) in [5, 5.41) is 12.8. The van der Waals surface area contributed by atoms with Crippen molar-refractivity contribution in [3.8, 4) is 11.5 Å². The smallest absolute Gasteiger partial charge is 0.336 e. The Bertz CT molecular complexity index is 971. The predicted octanol–water partition coefficient (Wildman–Crippen LogP) is 4.24. The number of carboxylic acid groups (broad SMARTS) is 1. The highest BCUT2D eigenvalue weighted by Crippen LogP contribution is 2.31. The lowest BCUT2D eigenvalue weighted by Crippen LogP contribution is -2.40. The molecule has 1 unspecified atom stereocenters. The second-order valence-corrected chi connectivity index (χ2v) is 8.15. The van der Waals surface area contributed by atoms with Crippen LogP contribution in [0.25, 0.3) is 0 Å². The van der Waals surface area contributed by atoms with Gasteiger partial charge in [-0.2, -0.15) is 0 Å². The molecule has 32 heavy (non-hydrogen) atoms. The molecule has 2 aromatic rings. The summed E-state index contributed by atoms with van der Waals surface area (Å²) in [6, 6.07) is 10.4. The maximum atomic E-state index is 12.7. The van der Waals surface area contributed by atoms with E-state index in [2.05, 4.69) is 5.32 Å². The number of halogens is 1. The molecule has 172 valence electrons. The van der Waals surface area contributed by atoms with Crippen LogP contribution >= 0.6 is 11.6 Å². The number of hydrogen-bond acceptors (Lipinski definition) is 5. The average molecular weight is 462 g/mol. The van der Waals surface area contributed by atoms with Crippen molar-refractivity contribution >= 4 is 23.5 Å². The van der Waals surface area contributed by atoms with Crippen LogP contribution in [0.5, 0.6) is 11.5 Å². The number of methoxy groups -OCH3 is 1. The third-order valence-electron chi connectivity index (χ3n) is 5.42. The highest BCUT2D eigenvalue weighted by Gasteiger charge is 2.43. The van der Waals surface area contributed by atoms with E-state index in [0.29, 0.717) is 48.1 Å². The zero-order valence-corrected chi connectivity index (χ0v) is 19.0. The molecule has 0 aliphatic carbocycles. The zero-order chi connectivity index (χ0) is 23.1. The van der Waals surface area contributed by atoms with Crippen molar-refractivity contribution < 1.29 is 28.9 Å². The van der Waals surface area contributed by atoms with Crippen LogP contribution in [0.3, 0.4) is 0 Å². The van der Waals surface area contributed by atoms with E-state index >= 15 is 0 Å². The summed E-state index contributed by atoms with van der Waals surface area (Å²) in [5.41, 5.74) is 0.671. The highest BCUT2D eigenvalue weighted by molar-refractivity contribution is 6.34. The number of amides is 1. The van der Waals surface area contributed by atoms with Crippen molar-refractivity contribution in [2.45, 2.75) is 44.8 Å². The first-order chi connectivity index (χ1) is 15.4. The van der Waals surface area contributed by atoms with E-state index in [0.717, 1.165) is 17.5 Å². The molecule has 0 aromatic heterocycles. The number of ether oxygens (including phenoxy) is 3. The van der Waals surface area contributed by atoms with E-state index in [1.807, 2.05) is 19.1 Å². The van der Waals surface area contributed by atoms with Gasteiger partial charge in [-0.25, -0.2) is 4.79 Å². The summed E-state index contributed by atoms with van der Waals surface area (Å²) in [5.74, 6) is -0.0725. The molecule has 1 fully saturated rings. The largest absolute Gasteiger partial charge is 0.496 e. The van der Waals surface area contributed by atoms with Gasteiger partial charge in [0.15, 0.2) is 5.60 Å². The molecule has 2 aromatic carbocycles. The first-order valence-electron chi connectivity index (χ1n) is 10.6. The molecule has 1 atom stereocenters. The van der Waals surface area contributed by atoms with Crippen molar-refractivity contribution in [1.82, 2.24) is 5.32 Å². The summed E-state index contributed by atoms with van der Waals surface area (Å²) >= 11 is 6.27. The minimum Gasteiger partial charge on any atom is -0.496 e. The van der Waals surface area contributed by atoms with Gasteiger partial charge in [0.1, 0.15) is 11.5 Å². The highest BCUT2D eigenvalue weighted by atomic mass is 35.5. The van der Waals surface area contributed by atoms with E-state index in [-0.39, 0.29) is 18.9 Å². The van der Waals surface area contributed by atoms with Crippen LogP contribution in [0.1, 0.15) is 47.7 Å². The molecule has 0 spiro atoms. The molecule has 8 heteroatoms. The summed E-state index contributed by atoms with van der Waals surface area (Å²) in [4.78, 5) is 24.5. The van der Waals surface area contributed by atoms with Gasteiger partial charge in [0, 0.05) is 25.1 Å². The average Bonchev–Trinajstić information content (AvgIpc) is 3.26. The van der Waals surface area contributed by atoms with Crippen molar-refractivity contribution in [2.24, 2.45) is 0 Å². The van der Waals surface area contributed by atoms with Gasteiger partial charge in [-0.3, -0.25) is 4.79 Å². The number of carboxylic acids is 1. The Kier molecular flexibility index (Phi) is 7.99. The molecule has 1 heterocycles. The third kappa shape index (κ3) is 5.53. The van der Waals surface area contributed by atoms with Crippen molar-refractivity contribution in [3.63, 3.8) is 0 Å². The van der Waals surface area contributed by atoms with Gasteiger partial charge < -0.3 is 24.6 Å². The van der Waals surface area contributed by atoms with E-state index in [1.165, 1.54) is 0 Å². The van der Waals surface area contributed by atoms with Crippen LogP contribution in [-0.4, -0.2) is 42.9 Å². The first-order valence-corrected chi connectivity index (χ1v) is 11.0. The Hall–Kier alpha value is -2.77. The molecule has 1 aliphatic heterocycles. The van der Waals surface area contributed by atoms with Crippen LogP contribution in [0.4, 0.5) is 0 Å². The molecule has 7 nitrogen and oxygen atoms in total. The lowest BCUT2D eigenvalue weighted by atomic mass is 9.91. The normalized spacial score (nSPS) is 17.7. The van der Waals surface area contributed by atoms with Gasteiger partial charge in [0.05, 0.1) is 24.3 Å². The predicted molar refractivity (Wildman–Crippen MR) is 121 cm³/mol. The fourth-order valence-electron chi connectivity index (χ4n) is 3.75. The van der Waals surface area contributed by atoms with Gasteiger partial charge >= 0.3 is 5.97 Å². The molecule has 0 radical (unpaired) electrons. The molecular weight excluding hydrogens is 434 g/mol. The number of aliphatic carboxylic acids is 1. The van der Waals surface area contributed by atoms with Crippen LogP contribution in [-0.2, 0) is 22.5 Å². The minimum absolute atomic E-state index is 0.196. The SMILES string of the molecule is CCCOc1ccc(C(=O)NCc2cc(CC3(C(=O)O)CCCO3)ccc2OC)c(Cl)c1. The monoisotopic (exact) mass is 461 g/mol. The molecule has 1 amide bonds. The first kappa shape index (κ1) is 23.9. The van der Waals surface area contributed by atoms with E-state index in [4.69, 9.17) is 25.8 Å². The molecule has 1 saturated heterocycles. The summed E-state index contributed by atoms with van der Waals surface area (Å²) in [6.45, 7) is 3.22. The Labute approximate surface area is 192 Å². The van der Waals surface area contributed by atoms with Crippen LogP contribution in [0.2, 0.25) is 5.02 Å². The molecule has 2 N–H and O–H groups in total. The van der Waals surface area contributed by atoms with E-state index in [1.54, 1.807) is 31.4 Å². The Balaban J connectivity index is 1.72. The van der Waals surface area contributed by atoms with Gasteiger partial charge in [0.2, 0.25) is 0 Å². The van der Waals surface area contributed by atoms with Gasteiger partial charge in [0.25, 0.3) is 5.91 Å². The van der Waals surface area contributed by atoms with Gasteiger partial charge in [-0.1, -0.05) is 30.7 Å². The maximum absolute atomic E-state index is 12.7. The molecular formula is C24H28ClNO6. The van der Waals surface area contributed by atoms with E-state index in [9.17, 15) is 14.7 Å². The standard InChI is InChI=1S/C24H28ClNO6/c1-3-10-31-18-6-7-19(20(25)13-18)22(27)26-15-17-12-16(5-8-21(17)30-2)14-24(23(28)29)9-4-11-32-24/h5-8,12-13H,3-4,9-11,14-15H2,1-2H3,(H,26,27)(H,28,29). The van der Waals surface area contributed by atoms with Crippen molar-refractivity contribution in [3.05, 3.63) is 58.1 Å². The van der Waals surface area contributed by atoms with Gasteiger partial charge in [-0.05, 0) is 49.1 Å². The van der Waals surface area contributed by atoms with Gasteiger partial charge in [-0.15, -0.1) is 0 Å². The lowest BCUT2D eigenvalue weighted by molar-refractivity contribution is -0.159. The topological polar surface area (TPSA) is 94.1 Å². The molecule has 1 aliphatic rings. The molecule has 3 rings (SSSR count). The minimum atomic E-state index is -1.20. The number of hydrogen-bond donors (Lipinski definition) is 2. The number of rotatable bonds is 10. The van der Waals surface area contributed by atoms with E-state index < -0.39 is 11.6 Å². The number of nitrogens with one attached hydrogen (secondary N) is 1. The molecule has 0 bridgehead atoms. The number of carbonyl (C=O) groups excluding carboxylic acids is 1. The van der Waals surface area contributed by atoms with Crippen LogP contribution in [0.15, 0.2) is 36.4 Å². The third-order valence-corrected chi connectivity index (χ3v) is 5.74. The second kappa shape index (κ2) is 10.7. The Morgan fingerprint density at radius 3 is 2.69 bits per heavy atom. The summed E-state index contributed by atoms with van der Waals surface area (Å²) in [7, 11) is 1.55. The fraction of sp³-hybridized carbons (Fsp3) is 0.417. The Morgan fingerprint density at radius 1 is 1.25 bits per heavy atom.